The molecule has 0 rings (SSSR count). The fourth-order valence-electron chi connectivity index (χ4n) is 7.99. The van der Waals surface area contributed by atoms with Crippen LogP contribution in [0.15, 0.2) is 85.1 Å². The monoisotopic (exact) mass is 961 g/mol. The number of unbranched alkanes of at least 4 members (excludes halogenated alkanes) is 27. The molecule has 0 heterocycles. The minimum absolute atomic E-state index is 0.0975. The molecule has 6 heteroatoms. The summed E-state index contributed by atoms with van der Waals surface area (Å²) < 4.78 is 16.8. The van der Waals surface area contributed by atoms with E-state index >= 15 is 0 Å². The van der Waals surface area contributed by atoms with Crippen LogP contribution < -0.4 is 0 Å². The van der Waals surface area contributed by atoms with Crippen molar-refractivity contribution in [1.82, 2.24) is 0 Å². The number of rotatable bonds is 52. The van der Waals surface area contributed by atoms with Crippen LogP contribution in [-0.2, 0) is 28.6 Å². The van der Waals surface area contributed by atoms with Crippen molar-refractivity contribution in [1.29, 1.82) is 0 Å². The van der Waals surface area contributed by atoms with Gasteiger partial charge in [0.25, 0.3) is 0 Å². The number of hydrogen-bond donors (Lipinski definition) is 0. The van der Waals surface area contributed by atoms with Gasteiger partial charge in [-0.15, -0.1) is 0 Å². The molecule has 0 aliphatic rings. The van der Waals surface area contributed by atoms with E-state index in [2.05, 4.69) is 106 Å². The van der Waals surface area contributed by atoms with Crippen molar-refractivity contribution >= 4 is 17.9 Å². The highest BCUT2D eigenvalue weighted by Crippen LogP contribution is 2.15. The minimum atomic E-state index is -0.804. The zero-order chi connectivity index (χ0) is 50.0. The Hall–Kier alpha value is -3.41. The van der Waals surface area contributed by atoms with E-state index in [0.29, 0.717) is 19.3 Å². The summed E-state index contributed by atoms with van der Waals surface area (Å²) in [6.07, 6.45) is 74.4. The summed E-state index contributed by atoms with van der Waals surface area (Å²) in [5.74, 6) is -0.949. The second kappa shape index (κ2) is 57.2. The van der Waals surface area contributed by atoms with Gasteiger partial charge in [-0.1, -0.05) is 228 Å². The van der Waals surface area contributed by atoms with Gasteiger partial charge in [0.05, 0.1) is 0 Å². The molecule has 6 nitrogen and oxygen atoms in total. The minimum Gasteiger partial charge on any atom is -0.462 e. The maximum atomic E-state index is 12.8. The Morgan fingerprint density at radius 3 is 0.957 bits per heavy atom. The summed E-state index contributed by atoms with van der Waals surface area (Å²) in [5, 5.41) is 0. The molecule has 1 atom stereocenters. The molecule has 0 aromatic heterocycles. The predicted octanol–water partition coefficient (Wildman–Crippen LogP) is 19.5. The van der Waals surface area contributed by atoms with Crippen molar-refractivity contribution in [2.75, 3.05) is 13.2 Å². The van der Waals surface area contributed by atoms with Crippen molar-refractivity contribution in [2.45, 2.75) is 284 Å². The molecule has 0 amide bonds. The normalized spacial score (nSPS) is 12.7. The maximum Gasteiger partial charge on any atom is 0.306 e. The summed E-state index contributed by atoms with van der Waals surface area (Å²) in [6, 6.07) is 0. The molecule has 0 aromatic carbocycles. The predicted molar refractivity (Wildman–Crippen MR) is 297 cm³/mol. The summed E-state index contributed by atoms with van der Waals surface area (Å²) in [4.78, 5) is 38.1. The summed E-state index contributed by atoms with van der Waals surface area (Å²) in [7, 11) is 0. The maximum absolute atomic E-state index is 12.8. The molecule has 0 aromatic rings. The molecule has 0 spiro atoms. The van der Waals surface area contributed by atoms with Crippen LogP contribution in [0.25, 0.3) is 0 Å². The third-order valence-corrected chi connectivity index (χ3v) is 12.4. The topological polar surface area (TPSA) is 78.9 Å². The highest BCUT2D eigenvalue weighted by molar-refractivity contribution is 5.71. The number of ether oxygens (including phenoxy) is 3. The van der Waals surface area contributed by atoms with E-state index in [1.807, 2.05) is 0 Å². The second-order valence-corrected chi connectivity index (χ2v) is 19.2. The number of carbonyl (C=O) groups is 3. The smallest absolute Gasteiger partial charge is 0.306 e. The first-order chi connectivity index (χ1) is 34.0. The number of allylic oxidation sites excluding steroid dienone is 14. The van der Waals surface area contributed by atoms with E-state index in [1.165, 1.54) is 128 Å². The SMILES string of the molecule is CC/C=C\C/C=C\C/C=C\CCCCCCCC(=O)OC[C@H](COC(=O)CCCCCCCCCCCCC/C=C\CCCCCCCC)OC(=O)CCCC/C=C\C/C=C\C/C=C\CCCCC. The van der Waals surface area contributed by atoms with Gasteiger partial charge in [0.15, 0.2) is 6.10 Å². The summed E-state index contributed by atoms with van der Waals surface area (Å²) >= 11 is 0. The highest BCUT2D eigenvalue weighted by Gasteiger charge is 2.19. The van der Waals surface area contributed by atoms with Crippen LogP contribution in [0.2, 0.25) is 0 Å². The standard InChI is InChI=1S/C63H108O6/c1-4-7-10-13-16-19-22-25-28-29-30-31-32-33-36-38-41-44-47-50-53-56-62(65)68-59-60(69-63(66)57-54-51-48-45-42-39-35-27-24-21-18-15-12-9-6-3)58-67-61(64)55-52-49-46-43-40-37-34-26-23-20-17-14-11-8-5-2/h8,11,17-18,20-21,25-28,34-35,42,45,60H,4-7,9-10,12-16,19,22-24,29-33,36-41,43-44,46-59H2,1-3H3/b11-8-,20-17-,21-18-,28-25-,34-26-,35-27-,45-42-/t60-/m1/s1. The molecule has 0 saturated carbocycles. The van der Waals surface area contributed by atoms with Gasteiger partial charge in [-0.05, 0) is 116 Å². The zero-order valence-corrected chi connectivity index (χ0v) is 45.3. The van der Waals surface area contributed by atoms with Crippen molar-refractivity contribution in [3.63, 3.8) is 0 Å². The summed E-state index contributed by atoms with van der Waals surface area (Å²) in [6.45, 7) is 6.46. The molecular formula is C63H108O6. The molecule has 0 bridgehead atoms. The van der Waals surface area contributed by atoms with Gasteiger partial charge in [0.1, 0.15) is 13.2 Å². The Morgan fingerprint density at radius 2 is 0.565 bits per heavy atom. The third-order valence-electron chi connectivity index (χ3n) is 12.4. The van der Waals surface area contributed by atoms with Crippen LogP contribution in [0, 0.1) is 0 Å². The summed E-state index contributed by atoms with van der Waals surface area (Å²) in [5.41, 5.74) is 0. The molecule has 0 fully saturated rings. The van der Waals surface area contributed by atoms with Gasteiger partial charge in [0, 0.05) is 19.3 Å². The van der Waals surface area contributed by atoms with Crippen LogP contribution in [0.4, 0.5) is 0 Å². The van der Waals surface area contributed by atoms with Crippen molar-refractivity contribution in [3.8, 4) is 0 Å². The molecule has 0 saturated heterocycles. The van der Waals surface area contributed by atoms with Crippen LogP contribution in [0.1, 0.15) is 278 Å². The van der Waals surface area contributed by atoms with E-state index in [1.54, 1.807) is 0 Å². The fraction of sp³-hybridized carbons (Fsp3) is 0.730. The lowest BCUT2D eigenvalue weighted by Crippen LogP contribution is -2.30. The number of esters is 3. The first-order valence-electron chi connectivity index (χ1n) is 29.1. The molecule has 0 aliphatic carbocycles. The van der Waals surface area contributed by atoms with E-state index in [4.69, 9.17) is 14.2 Å². The number of hydrogen-bond acceptors (Lipinski definition) is 6. The fourth-order valence-corrected chi connectivity index (χ4v) is 7.99. The van der Waals surface area contributed by atoms with E-state index in [9.17, 15) is 14.4 Å². The van der Waals surface area contributed by atoms with Gasteiger partial charge in [-0.2, -0.15) is 0 Å². The largest absolute Gasteiger partial charge is 0.462 e. The second-order valence-electron chi connectivity index (χ2n) is 19.2. The lowest BCUT2D eigenvalue weighted by atomic mass is 10.0. The zero-order valence-electron chi connectivity index (χ0n) is 45.3. The van der Waals surface area contributed by atoms with Gasteiger partial charge in [-0.25, -0.2) is 0 Å². The average Bonchev–Trinajstić information content (AvgIpc) is 3.35. The van der Waals surface area contributed by atoms with Crippen molar-refractivity contribution in [2.24, 2.45) is 0 Å². The Balaban J connectivity index is 4.40. The highest BCUT2D eigenvalue weighted by atomic mass is 16.6. The van der Waals surface area contributed by atoms with Crippen molar-refractivity contribution < 1.29 is 28.6 Å². The Bertz CT molecular complexity index is 1330. The molecule has 69 heavy (non-hydrogen) atoms. The van der Waals surface area contributed by atoms with Crippen molar-refractivity contribution in [3.05, 3.63) is 85.1 Å². The van der Waals surface area contributed by atoms with Crippen LogP contribution in [-0.4, -0.2) is 37.2 Å². The van der Waals surface area contributed by atoms with Gasteiger partial charge >= 0.3 is 17.9 Å². The van der Waals surface area contributed by atoms with Crippen LogP contribution >= 0.6 is 0 Å². The van der Waals surface area contributed by atoms with Gasteiger partial charge in [-0.3, -0.25) is 14.4 Å². The van der Waals surface area contributed by atoms with Crippen LogP contribution in [0.3, 0.4) is 0 Å². The quantitative estimate of drug-likeness (QED) is 0.0262. The first-order valence-corrected chi connectivity index (χ1v) is 29.1. The first kappa shape index (κ1) is 65.6. The lowest BCUT2D eigenvalue weighted by Gasteiger charge is -2.18. The van der Waals surface area contributed by atoms with Gasteiger partial charge < -0.3 is 14.2 Å². The molecule has 0 unspecified atom stereocenters. The van der Waals surface area contributed by atoms with Gasteiger partial charge in [0.2, 0.25) is 0 Å². The molecule has 0 N–H and O–H groups in total. The average molecular weight is 962 g/mol. The Morgan fingerprint density at radius 1 is 0.304 bits per heavy atom. The number of carbonyl (C=O) groups excluding carboxylic acids is 3. The third kappa shape index (κ3) is 55.4. The van der Waals surface area contributed by atoms with E-state index in [0.717, 1.165) is 103 Å². The van der Waals surface area contributed by atoms with E-state index < -0.39 is 6.10 Å². The molecule has 0 aliphatic heterocycles. The molecule has 0 radical (unpaired) electrons. The van der Waals surface area contributed by atoms with Crippen LogP contribution in [0.5, 0.6) is 0 Å². The Labute approximate surface area is 426 Å². The molecular weight excluding hydrogens is 853 g/mol. The molecule has 396 valence electrons. The Kier molecular flexibility index (Phi) is 54.3. The lowest BCUT2D eigenvalue weighted by molar-refractivity contribution is -0.167. The van der Waals surface area contributed by atoms with E-state index in [-0.39, 0.29) is 37.5 Å².